The lowest BCUT2D eigenvalue weighted by atomic mass is 9.38. The molecule has 2 heterocycles. The lowest BCUT2D eigenvalue weighted by Gasteiger charge is -2.47. The fraction of sp³-hybridized carbons (Fsp3) is 1.00. The average Bonchev–Trinajstić information content (AvgIpc) is 2.53. The Morgan fingerprint density at radius 2 is 1.19 bits per heavy atom. The summed E-state index contributed by atoms with van der Waals surface area (Å²) in [6, 6.07) is 0. The van der Waals surface area contributed by atoms with E-state index in [0.717, 1.165) is 0 Å². The molecule has 0 aromatic heterocycles. The van der Waals surface area contributed by atoms with Crippen molar-refractivity contribution in [3.8, 4) is 0 Å². The smallest absolute Gasteiger partial charge is 0.206 e. The van der Waals surface area contributed by atoms with E-state index in [1.165, 1.54) is 13.8 Å². The monoisotopic (exact) mass is 429 g/mol. The predicted octanol–water partition coefficient (Wildman–Crippen LogP) is 3.52. The lowest BCUT2D eigenvalue weighted by Crippen LogP contribution is -2.74. The Kier molecular flexibility index (Phi) is 5.25. The first kappa shape index (κ1) is 21.8. The van der Waals surface area contributed by atoms with Crippen molar-refractivity contribution in [3.05, 3.63) is 0 Å². The SMILES string of the molecule is CCC1CCCC(CC)B1N1S(=O)(=O)C(F)(F)C(F)(F)C(F)(F)S1(=O)=O. The van der Waals surface area contributed by atoms with Gasteiger partial charge in [0.2, 0.25) is 0 Å². The zero-order valence-electron chi connectivity index (χ0n) is 13.9. The highest BCUT2D eigenvalue weighted by Crippen LogP contribution is 2.59. The third-order valence-electron chi connectivity index (χ3n) is 5.26. The second-order valence-electron chi connectivity index (χ2n) is 6.60. The van der Waals surface area contributed by atoms with Crippen LogP contribution in [0.25, 0.3) is 0 Å². The Morgan fingerprint density at radius 1 is 0.846 bits per heavy atom. The zero-order valence-corrected chi connectivity index (χ0v) is 15.6. The Bertz CT molecular complexity index is 713. The fourth-order valence-electron chi connectivity index (χ4n) is 3.77. The van der Waals surface area contributed by atoms with E-state index in [2.05, 4.69) is 0 Å². The molecule has 0 amide bonds. The molecule has 5 nitrogen and oxygen atoms in total. The molecule has 0 spiro atoms. The van der Waals surface area contributed by atoms with Crippen LogP contribution in [0.5, 0.6) is 0 Å². The summed E-state index contributed by atoms with van der Waals surface area (Å²) in [6.45, 7) is 1.29. The number of sulfonamides is 2. The summed E-state index contributed by atoms with van der Waals surface area (Å²) in [5, 5.41) is -12.5. The molecule has 0 saturated carbocycles. The van der Waals surface area contributed by atoms with Crippen molar-refractivity contribution >= 4 is 26.9 Å². The van der Waals surface area contributed by atoms with Gasteiger partial charge in [0, 0.05) is 0 Å². The molecule has 2 aliphatic rings. The summed E-state index contributed by atoms with van der Waals surface area (Å²) in [5.41, 5.74) is 0. The number of hydrogen-bond acceptors (Lipinski definition) is 4. The minimum atomic E-state index is -6.59. The van der Waals surface area contributed by atoms with Crippen LogP contribution in [-0.4, -0.2) is 43.7 Å². The first-order chi connectivity index (χ1) is 11.6. The molecule has 2 saturated heterocycles. The van der Waals surface area contributed by atoms with E-state index in [1.54, 1.807) is 0 Å². The summed E-state index contributed by atoms with van der Waals surface area (Å²) in [4.78, 5) is 0. The lowest BCUT2D eigenvalue weighted by molar-refractivity contribution is -0.248. The third kappa shape index (κ3) is 2.46. The van der Waals surface area contributed by atoms with Crippen LogP contribution in [-0.2, 0) is 20.0 Å². The van der Waals surface area contributed by atoms with Crippen molar-refractivity contribution in [2.45, 2.75) is 74.0 Å². The van der Waals surface area contributed by atoms with Crippen LogP contribution in [0.1, 0.15) is 46.0 Å². The number of hydrogen-bond donors (Lipinski definition) is 0. The normalized spacial score (nSPS) is 35.2. The Morgan fingerprint density at radius 3 is 1.50 bits per heavy atom. The number of alkyl halides is 6. The highest BCUT2D eigenvalue weighted by atomic mass is 32.3. The van der Waals surface area contributed by atoms with Gasteiger partial charge in [0.25, 0.3) is 26.9 Å². The molecular weight excluding hydrogens is 411 g/mol. The van der Waals surface area contributed by atoms with Gasteiger partial charge in [-0.05, 0) is 11.6 Å². The summed E-state index contributed by atoms with van der Waals surface area (Å²) >= 11 is 0. The van der Waals surface area contributed by atoms with Crippen molar-refractivity contribution in [2.75, 3.05) is 0 Å². The van der Waals surface area contributed by atoms with Crippen LogP contribution in [0, 0.1) is 0 Å². The fourth-order valence-corrected chi connectivity index (χ4v) is 8.12. The van der Waals surface area contributed by atoms with Gasteiger partial charge in [-0.15, -0.1) is 3.62 Å². The summed E-state index contributed by atoms with van der Waals surface area (Å²) < 4.78 is 131. The molecule has 0 aromatic rings. The van der Waals surface area contributed by atoms with E-state index in [0.29, 0.717) is 6.42 Å². The predicted molar refractivity (Wildman–Crippen MR) is 82.2 cm³/mol. The Balaban J connectivity index is 2.81. The molecule has 2 aliphatic heterocycles. The summed E-state index contributed by atoms with van der Waals surface area (Å²) in [7, 11) is -13.2. The molecule has 2 unspecified atom stereocenters. The number of nitrogens with zero attached hydrogens (tertiary/aromatic N) is 1. The summed E-state index contributed by atoms with van der Waals surface area (Å²) in [5.74, 6) is -8.24. The number of rotatable bonds is 3. The van der Waals surface area contributed by atoms with Crippen molar-refractivity contribution in [2.24, 2.45) is 0 Å². The largest absolute Gasteiger partial charge is 0.428 e. The molecule has 152 valence electrons. The molecular formula is C12H18BF6NO4S2. The van der Waals surface area contributed by atoms with E-state index in [1.807, 2.05) is 0 Å². The Hall–Kier alpha value is -0.495. The quantitative estimate of drug-likeness (QED) is 0.509. The molecule has 0 aromatic carbocycles. The minimum absolute atomic E-state index is 0.121. The van der Waals surface area contributed by atoms with E-state index < -0.39 is 58.6 Å². The first-order valence-electron chi connectivity index (χ1n) is 8.05. The second kappa shape index (κ2) is 6.26. The first-order valence-corrected chi connectivity index (χ1v) is 10.9. The van der Waals surface area contributed by atoms with Crippen LogP contribution in [0.15, 0.2) is 0 Å². The maximum atomic E-state index is 13.9. The van der Waals surface area contributed by atoms with Gasteiger partial charge in [0.1, 0.15) is 0 Å². The molecule has 0 aliphatic carbocycles. The molecule has 2 rings (SSSR count). The second-order valence-corrected chi connectivity index (χ2v) is 10.5. The van der Waals surface area contributed by atoms with Gasteiger partial charge in [-0.3, -0.25) is 0 Å². The topological polar surface area (TPSA) is 71.5 Å². The van der Waals surface area contributed by atoms with E-state index in [4.69, 9.17) is 0 Å². The standard InChI is InChI=1S/C12H18BF6NO4S2/c1-3-8-6-5-7-9(4-2)13(8)20-25(21,22)11(16,17)10(14,15)12(18,19)26(20,23)24/h8-9H,3-7H2,1-2H3. The molecule has 2 atom stereocenters. The van der Waals surface area contributed by atoms with E-state index >= 15 is 0 Å². The van der Waals surface area contributed by atoms with Gasteiger partial charge in [-0.1, -0.05) is 46.0 Å². The minimum Gasteiger partial charge on any atom is -0.206 e. The van der Waals surface area contributed by atoms with Crippen LogP contribution in [0.4, 0.5) is 26.3 Å². The molecule has 0 N–H and O–H groups in total. The van der Waals surface area contributed by atoms with E-state index in [-0.39, 0.29) is 25.7 Å². The molecule has 2 fully saturated rings. The van der Waals surface area contributed by atoms with Crippen molar-refractivity contribution < 1.29 is 43.2 Å². The molecule has 0 bridgehead atoms. The maximum Gasteiger partial charge on any atom is 0.428 e. The van der Waals surface area contributed by atoms with Crippen molar-refractivity contribution in [1.82, 2.24) is 3.62 Å². The summed E-state index contributed by atoms with van der Waals surface area (Å²) in [6.07, 6.45) is 1.19. The van der Waals surface area contributed by atoms with Gasteiger partial charge in [0.05, 0.1) is 0 Å². The van der Waals surface area contributed by atoms with Crippen molar-refractivity contribution in [1.29, 1.82) is 0 Å². The third-order valence-corrected chi connectivity index (χ3v) is 9.68. The molecule has 14 heteroatoms. The van der Waals surface area contributed by atoms with Gasteiger partial charge < -0.3 is 0 Å². The maximum absolute atomic E-state index is 13.9. The average molecular weight is 429 g/mol. The van der Waals surface area contributed by atoms with Crippen LogP contribution in [0.3, 0.4) is 0 Å². The van der Waals surface area contributed by atoms with E-state index in [9.17, 15) is 43.2 Å². The number of halogens is 6. The van der Waals surface area contributed by atoms with Gasteiger partial charge in [-0.25, -0.2) is 16.8 Å². The molecule has 0 radical (unpaired) electrons. The zero-order chi connectivity index (χ0) is 20.3. The van der Waals surface area contributed by atoms with Gasteiger partial charge >= 0.3 is 16.4 Å². The van der Waals surface area contributed by atoms with Crippen LogP contribution in [0.2, 0.25) is 11.6 Å². The molecule has 26 heavy (non-hydrogen) atoms. The highest BCUT2D eigenvalue weighted by molar-refractivity contribution is 8.07. The van der Waals surface area contributed by atoms with Crippen LogP contribution >= 0.6 is 0 Å². The highest BCUT2D eigenvalue weighted by Gasteiger charge is 2.89. The van der Waals surface area contributed by atoms with Gasteiger partial charge in [-0.2, -0.15) is 26.3 Å². The Labute approximate surface area is 148 Å². The van der Waals surface area contributed by atoms with Gasteiger partial charge in [0.15, 0.2) is 0 Å². The van der Waals surface area contributed by atoms with Crippen LogP contribution < -0.4 is 0 Å². The van der Waals surface area contributed by atoms with Crippen molar-refractivity contribution in [3.63, 3.8) is 0 Å².